The van der Waals surface area contributed by atoms with E-state index in [1.54, 1.807) is 11.8 Å². The van der Waals surface area contributed by atoms with Gasteiger partial charge in [0.05, 0.1) is 12.1 Å². The molecule has 1 aliphatic heterocycles. The van der Waals surface area contributed by atoms with E-state index in [0.29, 0.717) is 0 Å². The van der Waals surface area contributed by atoms with Crippen molar-refractivity contribution in [3.63, 3.8) is 0 Å². The van der Waals surface area contributed by atoms with Crippen molar-refractivity contribution in [2.75, 3.05) is 18.7 Å². The van der Waals surface area contributed by atoms with Gasteiger partial charge in [0.25, 0.3) is 0 Å². The fourth-order valence-corrected chi connectivity index (χ4v) is 1.93. The first-order valence-electron chi connectivity index (χ1n) is 3.51. The van der Waals surface area contributed by atoms with Crippen LogP contribution in [0.5, 0.6) is 0 Å². The molecular formula is C7H12N2S. The molecule has 0 radical (unpaired) electrons. The van der Waals surface area contributed by atoms with E-state index >= 15 is 0 Å². The second kappa shape index (κ2) is 3.85. The second-order valence-corrected chi connectivity index (χ2v) is 3.35. The summed E-state index contributed by atoms with van der Waals surface area (Å²) < 4.78 is 0. The summed E-state index contributed by atoms with van der Waals surface area (Å²) in [6.45, 7) is 1.11. The molecule has 3 heteroatoms. The molecule has 0 amide bonds. The summed E-state index contributed by atoms with van der Waals surface area (Å²) in [4.78, 5) is 2.24. The summed E-state index contributed by atoms with van der Waals surface area (Å²) in [5, 5.41) is 8.66. The maximum Gasteiger partial charge on any atom is 0.0985 e. The molecule has 1 aliphatic rings. The van der Waals surface area contributed by atoms with Gasteiger partial charge in [-0.2, -0.15) is 5.26 Å². The first-order valence-corrected chi connectivity index (χ1v) is 4.90. The van der Waals surface area contributed by atoms with Crippen molar-refractivity contribution in [1.29, 1.82) is 5.26 Å². The van der Waals surface area contributed by atoms with Crippen molar-refractivity contribution < 1.29 is 0 Å². The monoisotopic (exact) mass is 156 g/mol. The normalized spacial score (nSPS) is 26.6. The molecule has 56 valence electrons. The van der Waals surface area contributed by atoms with Gasteiger partial charge in [0, 0.05) is 12.4 Å². The number of nitriles is 1. The number of hydrogen-bond acceptors (Lipinski definition) is 3. The Kier molecular flexibility index (Phi) is 3.04. The largest absolute Gasteiger partial charge is 0.279 e. The van der Waals surface area contributed by atoms with Crippen LogP contribution in [0.2, 0.25) is 0 Å². The first-order chi connectivity index (χ1) is 4.88. The van der Waals surface area contributed by atoms with Gasteiger partial charge in [0.1, 0.15) is 0 Å². The highest BCUT2D eigenvalue weighted by molar-refractivity contribution is 7.98. The van der Waals surface area contributed by atoms with Crippen LogP contribution in [0.25, 0.3) is 0 Å². The Bertz CT molecular complexity index is 141. The van der Waals surface area contributed by atoms with Gasteiger partial charge in [-0.05, 0) is 19.1 Å². The third kappa shape index (κ3) is 1.65. The third-order valence-corrected chi connectivity index (χ3v) is 2.40. The number of nitrogens with zero attached hydrogens (tertiary/aromatic N) is 2. The van der Waals surface area contributed by atoms with Gasteiger partial charge in [-0.3, -0.25) is 4.90 Å². The molecule has 1 atom stereocenters. The minimum Gasteiger partial charge on any atom is -0.279 e. The molecule has 10 heavy (non-hydrogen) atoms. The summed E-state index contributed by atoms with van der Waals surface area (Å²) in [6, 6.07) is 2.51. The highest BCUT2D eigenvalue weighted by Gasteiger charge is 2.22. The van der Waals surface area contributed by atoms with E-state index < -0.39 is 0 Å². The Labute approximate surface area is 66.2 Å². The van der Waals surface area contributed by atoms with Crippen LogP contribution in [0, 0.1) is 11.3 Å². The minimum absolute atomic E-state index is 0.201. The zero-order valence-corrected chi connectivity index (χ0v) is 7.02. The average molecular weight is 156 g/mol. The van der Waals surface area contributed by atoms with Gasteiger partial charge in [-0.15, -0.1) is 11.8 Å². The zero-order chi connectivity index (χ0) is 7.40. The lowest BCUT2D eigenvalue weighted by Gasteiger charge is -2.16. The quantitative estimate of drug-likeness (QED) is 0.603. The molecule has 0 N–H and O–H groups in total. The van der Waals surface area contributed by atoms with E-state index in [0.717, 1.165) is 18.8 Å². The summed E-state index contributed by atoms with van der Waals surface area (Å²) in [7, 11) is 0. The van der Waals surface area contributed by atoms with Gasteiger partial charge in [-0.25, -0.2) is 0 Å². The van der Waals surface area contributed by atoms with E-state index in [-0.39, 0.29) is 6.04 Å². The fraction of sp³-hybridized carbons (Fsp3) is 0.857. The number of thioether (sulfide) groups is 1. The third-order valence-electron chi connectivity index (χ3n) is 1.81. The molecule has 0 bridgehead atoms. The number of rotatable bonds is 2. The molecule has 0 aromatic carbocycles. The Balaban J connectivity index is 2.36. The van der Waals surface area contributed by atoms with E-state index in [1.807, 2.05) is 0 Å². The summed E-state index contributed by atoms with van der Waals surface area (Å²) in [5.74, 6) is 1.01. The maximum atomic E-state index is 8.66. The molecule has 2 nitrogen and oxygen atoms in total. The molecule has 0 aromatic rings. The summed E-state index contributed by atoms with van der Waals surface area (Å²) >= 11 is 1.79. The lowest BCUT2D eigenvalue weighted by molar-refractivity contribution is 0.348. The molecule has 1 saturated heterocycles. The van der Waals surface area contributed by atoms with Crippen LogP contribution in [0.15, 0.2) is 0 Å². The highest BCUT2D eigenvalue weighted by atomic mass is 32.2. The van der Waals surface area contributed by atoms with E-state index in [1.165, 1.54) is 6.42 Å². The van der Waals surface area contributed by atoms with Gasteiger partial charge in [0.15, 0.2) is 0 Å². The van der Waals surface area contributed by atoms with Gasteiger partial charge >= 0.3 is 0 Å². The van der Waals surface area contributed by atoms with Crippen LogP contribution in [-0.2, 0) is 0 Å². The van der Waals surface area contributed by atoms with Crippen LogP contribution in [0.3, 0.4) is 0 Å². The van der Waals surface area contributed by atoms with Crippen molar-refractivity contribution in [2.24, 2.45) is 0 Å². The smallest absolute Gasteiger partial charge is 0.0985 e. The molecule has 1 rings (SSSR count). The zero-order valence-electron chi connectivity index (χ0n) is 6.21. The van der Waals surface area contributed by atoms with Crippen molar-refractivity contribution in [3.05, 3.63) is 0 Å². The Morgan fingerprint density at radius 1 is 1.80 bits per heavy atom. The Morgan fingerprint density at radius 2 is 2.60 bits per heavy atom. The average Bonchev–Trinajstić information content (AvgIpc) is 2.36. The van der Waals surface area contributed by atoms with Crippen molar-refractivity contribution in [1.82, 2.24) is 4.90 Å². The Hall–Kier alpha value is -0.200. The Morgan fingerprint density at radius 3 is 3.20 bits per heavy atom. The molecule has 0 aliphatic carbocycles. The van der Waals surface area contributed by atoms with Gasteiger partial charge in [-0.1, -0.05) is 0 Å². The standard InChI is InChI=1S/C7H12N2S/c1-10-6-9-4-2-3-7(9)5-8/h7H,2-4,6H2,1H3/t7-/m0/s1. The number of likely N-dealkylation sites (tertiary alicyclic amines) is 1. The van der Waals surface area contributed by atoms with Crippen molar-refractivity contribution >= 4 is 11.8 Å². The molecular weight excluding hydrogens is 144 g/mol. The van der Waals surface area contributed by atoms with E-state index in [9.17, 15) is 0 Å². The number of hydrogen-bond donors (Lipinski definition) is 0. The van der Waals surface area contributed by atoms with Crippen LogP contribution in [0.1, 0.15) is 12.8 Å². The fourth-order valence-electron chi connectivity index (χ4n) is 1.29. The topological polar surface area (TPSA) is 27.0 Å². The first kappa shape index (κ1) is 7.90. The molecule has 0 spiro atoms. The summed E-state index contributed by atoms with van der Waals surface area (Å²) in [6.07, 6.45) is 4.34. The van der Waals surface area contributed by atoms with E-state index in [2.05, 4.69) is 17.2 Å². The van der Waals surface area contributed by atoms with Crippen LogP contribution >= 0.6 is 11.8 Å². The minimum atomic E-state index is 0.201. The lowest BCUT2D eigenvalue weighted by atomic mass is 10.2. The predicted molar refractivity (Wildman–Crippen MR) is 43.7 cm³/mol. The maximum absolute atomic E-state index is 8.66. The molecule has 1 fully saturated rings. The van der Waals surface area contributed by atoms with Gasteiger partial charge in [0.2, 0.25) is 0 Å². The molecule has 0 aromatic heterocycles. The van der Waals surface area contributed by atoms with Crippen LogP contribution < -0.4 is 0 Å². The van der Waals surface area contributed by atoms with Crippen LogP contribution in [0.4, 0.5) is 0 Å². The van der Waals surface area contributed by atoms with Gasteiger partial charge < -0.3 is 0 Å². The second-order valence-electron chi connectivity index (χ2n) is 2.52. The molecule has 1 heterocycles. The van der Waals surface area contributed by atoms with Crippen molar-refractivity contribution in [2.45, 2.75) is 18.9 Å². The van der Waals surface area contributed by atoms with Crippen molar-refractivity contribution in [3.8, 4) is 6.07 Å². The highest BCUT2D eigenvalue weighted by Crippen LogP contribution is 2.17. The predicted octanol–water partition coefficient (Wildman–Crippen LogP) is 1.29. The lowest BCUT2D eigenvalue weighted by Crippen LogP contribution is -2.27. The molecule has 0 saturated carbocycles. The SMILES string of the molecule is CSCN1CCC[C@H]1C#N. The summed E-state index contributed by atoms with van der Waals surface area (Å²) in [5.41, 5.74) is 0. The van der Waals surface area contributed by atoms with Crippen LogP contribution in [-0.4, -0.2) is 29.6 Å². The van der Waals surface area contributed by atoms with E-state index in [4.69, 9.17) is 5.26 Å². The molecule has 0 unspecified atom stereocenters.